The number of hydrogen-bond acceptors (Lipinski definition) is 4. The van der Waals surface area contributed by atoms with Crippen molar-refractivity contribution in [3.63, 3.8) is 0 Å². The van der Waals surface area contributed by atoms with Gasteiger partial charge in [0.05, 0.1) is 4.90 Å². The van der Waals surface area contributed by atoms with E-state index >= 15 is 0 Å². The molecule has 2 N–H and O–H groups in total. The molecular weight excluding hydrogens is 342 g/mol. The number of carbonyl (C=O) groups excluding carboxylic acids is 1. The number of benzene rings is 1. The first kappa shape index (κ1) is 19.7. The van der Waals surface area contributed by atoms with Crippen molar-refractivity contribution in [2.24, 2.45) is 0 Å². The highest BCUT2D eigenvalue weighted by Gasteiger charge is 2.27. The van der Waals surface area contributed by atoms with Crippen molar-refractivity contribution in [3.05, 3.63) is 29.3 Å². The molecule has 0 heterocycles. The van der Waals surface area contributed by atoms with Crippen LogP contribution in [0.3, 0.4) is 0 Å². The van der Waals surface area contributed by atoms with Gasteiger partial charge in [0.2, 0.25) is 0 Å². The van der Waals surface area contributed by atoms with Gasteiger partial charge >= 0.3 is 6.09 Å². The first-order chi connectivity index (χ1) is 11.5. The highest BCUT2D eigenvalue weighted by molar-refractivity contribution is 7.85. The van der Waals surface area contributed by atoms with E-state index in [1.54, 1.807) is 12.1 Å². The average molecular weight is 369 g/mol. The van der Waals surface area contributed by atoms with Gasteiger partial charge in [-0.05, 0) is 82.6 Å². The van der Waals surface area contributed by atoms with E-state index in [0.29, 0.717) is 0 Å². The Hall–Kier alpha value is -1.60. The van der Waals surface area contributed by atoms with Crippen LogP contribution in [0.25, 0.3) is 0 Å². The van der Waals surface area contributed by atoms with Gasteiger partial charge in [-0.25, -0.2) is 4.79 Å². The lowest BCUT2D eigenvalue weighted by molar-refractivity contribution is 0.0491. The molecule has 0 bridgehead atoms. The fourth-order valence-corrected chi connectivity index (χ4v) is 3.76. The minimum Gasteiger partial charge on any atom is -0.444 e. The molecule has 7 heteroatoms. The Bertz CT molecular complexity index is 728. The van der Waals surface area contributed by atoms with Crippen molar-refractivity contribution in [1.29, 1.82) is 0 Å². The summed E-state index contributed by atoms with van der Waals surface area (Å²) in [5.41, 5.74) is 1.44. The third-order valence-electron chi connectivity index (χ3n) is 4.44. The van der Waals surface area contributed by atoms with E-state index in [1.165, 1.54) is 6.07 Å². The minimum atomic E-state index is -4.20. The summed E-state index contributed by atoms with van der Waals surface area (Å²) in [5.74, 6) is 0.221. The van der Waals surface area contributed by atoms with Crippen molar-refractivity contribution in [1.82, 2.24) is 5.32 Å². The van der Waals surface area contributed by atoms with Crippen molar-refractivity contribution in [2.45, 2.75) is 75.8 Å². The van der Waals surface area contributed by atoms with Crippen molar-refractivity contribution >= 4 is 16.2 Å². The van der Waals surface area contributed by atoms with Crippen molar-refractivity contribution < 1.29 is 22.5 Å². The van der Waals surface area contributed by atoms with E-state index in [4.69, 9.17) is 4.74 Å². The number of amides is 1. The molecule has 0 spiro atoms. The number of alkyl carbamates (subject to hydrolysis) is 1. The Kier molecular flexibility index (Phi) is 5.79. The molecule has 0 radical (unpaired) electrons. The Morgan fingerprint density at radius 2 is 1.80 bits per heavy atom. The summed E-state index contributed by atoms with van der Waals surface area (Å²) >= 11 is 0. The molecule has 1 aliphatic carbocycles. The molecule has 1 saturated carbocycles. The van der Waals surface area contributed by atoms with Gasteiger partial charge in [0.25, 0.3) is 10.1 Å². The van der Waals surface area contributed by atoms with Crippen LogP contribution in [0.4, 0.5) is 4.79 Å². The van der Waals surface area contributed by atoms with E-state index in [-0.39, 0.29) is 16.9 Å². The SMILES string of the molecule is Cc1ccc(S(=O)(=O)O)cc1C1CCC(NC(=O)OC(C)(C)C)CC1. The molecule has 25 heavy (non-hydrogen) atoms. The van der Waals surface area contributed by atoms with Crippen LogP contribution in [-0.4, -0.2) is 30.7 Å². The molecule has 140 valence electrons. The lowest BCUT2D eigenvalue weighted by Crippen LogP contribution is -2.40. The molecule has 1 aromatic rings. The number of nitrogens with one attached hydrogen (secondary N) is 1. The predicted molar refractivity (Wildman–Crippen MR) is 95.4 cm³/mol. The molecule has 2 rings (SSSR count). The zero-order valence-electron chi connectivity index (χ0n) is 15.2. The van der Waals surface area contributed by atoms with E-state index in [0.717, 1.165) is 36.8 Å². The summed E-state index contributed by atoms with van der Waals surface area (Å²) in [4.78, 5) is 11.8. The summed E-state index contributed by atoms with van der Waals surface area (Å²) in [5, 5.41) is 2.90. The normalized spacial score (nSPS) is 21.6. The zero-order chi connectivity index (χ0) is 18.8. The maximum Gasteiger partial charge on any atom is 0.407 e. The molecule has 1 fully saturated rings. The zero-order valence-corrected chi connectivity index (χ0v) is 16.0. The van der Waals surface area contributed by atoms with Gasteiger partial charge in [0, 0.05) is 6.04 Å². The smallest absolute Gasteiger partial charge is 0.407 e. The van der Waals surface area contributed by atoms with E-state index in [9.17, 15) is 17.8 Å². The summed E-state index contributed by atoms with van der Waals surface area (Å²) in [7, 11) is -4.20. The Balaban J connectivity index is 2.00. The molecular formula is C18H27NO5S. The van der Waals surface area contributed by atoms with Crippen LogP contribution >= 0.6 is 0 Å². The van der Waals surface area contributed by atoms with Crippen LogP contribution in [0.15, 0.2) is 23.1 Å². The molecule has 6 nitrogen and oxygen atoms in total. The van der Waals surface area contributed by atoms with Crippen molar-refractivity contribution in [2.75, 3.05) is 0 Å². The van der Waals surface area contributed by atoms with Crippen LogP contribution in [0.5, 0.6) is 0 Å². The highest BCUT2D eigenvalue weighted by Crippen LogP contribution is 2.35. The summed E-state index contributed by atoms with van der Waals surface area (Å²) in [6.45, 7) is 7.42. The number of aryl methyl sites for hydroxylation is 1. The third kappa shape index (κ3) is 5.71. The third-order valence-corrected chi connectivity index (χ3v) is 5.29. The number of hydrogen-bond donors (Lipinski definition) is 2. The lowest BCUT2D eigenvalue weighted by atomic mass is 9.80. The van der Waals surface area contributed by atoms with Gasteiger partial charge < -0.3 is 10.1 Å². The van der Waals surface area contributed by atoms with Gasteiger partial charge in [-0.2, -0.15) is 8.42 Å². The second-order valence-electron chi connectivity index (χ2n) is 7.69. The van der Waals surface area contributed by atoms with E-state index in [1.807, 2.05) is 27.7 Å². The van der Waals surface area contributed by atoms with E-state index in [2.05, 4.69) is 5.32 Å². The summed E-state index contributed by atoms with van der Waals surface area (Å²) < 4.78 is 37.2. The molecule has 0 saturated heterocycles. The lowest BCUT2D eigenvalue weighted by Gasteiger charge is -2.31. The van der Waals surface area contributed by atoms with Crippen LogP contribution in [0.2, 0.25) is 0 Å². The summed E-state index contributed by atoms with van der Waals surface area (Å²) in [6.07, 6.45) is 2.89. The Morgan fingerprint density at radius 1 is 1.20 bits per heavy atom. The van der Waals surface area contributed by atoms with Crippen molar-refractivity contribution in [3.8, 4) is 0 Å². The minimum absolute atomic E-state index is 0.0659. The average Bonchev–Trinajstić information content (AvgIpc) is 2.45. The standard InChI is InChI=1S/C18H27NO5S/c1-12-5-10-15(25(21,22)23)11-16(12)13-6-8-14(9-7-13)19-17(20)24-18(2,3)4/h5,10-11,13-14H,6-9H2,1-4H3,(H,19,20)(H,21,22,23). The number of rotatable bonds is 3. The molecule has 1 amide bonds. The Labute approximate surface area is 149 Å². The monoisotopic (exact) mass is 369 g/mol. The fraction of sp³-hybridized carbons (Fsp3) is 0.611. The maximum atomic E-state index is 11.9. The van der Waals surface area contributed by atoms with Gasteiger partial charge in [-0.1, -0.05) is 6.07 Å². The quantitative estimate of drug-likeness (QED) is 0.791. The molecule has 0 atom stereocenters. The van der Waals surface area contributed by atoms with Crippen LogP contribution in [-0.2, 0) is 14.9 Å². The first-order valence-corrected chi connectivity index (χ1v) is 9.97. The van der Waals surface area contributed by atoms with Gasteiger partial charge in [0.1, 0.15) is 5.60 Å². The van der Waals surface area contributed by atoms with Crippen LogP contribution in [0.1, 0.15) is 63.5 Å². The van der Waals surface area contributed by atoms with E-state index < -0.39 is 21.8 Å². The Morgan fingerprint density at radius 3 is 2.32 bits per heavy atom. The van der Waals surface area contributed by atoms with Crippen LogP contribution in [0, 0.1) is 6.92 Å². The number of ether oxygens (including phenoxy) is 1. The second kappa shape index (κ2) is 7.33. The topological polar surface area (TPSA) is 92.7 Å². The number of carbonyl (C=O) groups is 1. The van der Waals surface area contributed by atoms with Crippen LogP contribution < -0.4 is 5.32 Å². The molecule has 1 aromatic carbocycles. The largest absolute Gasteiger partial charge is 0.444 e. The predicted octanol–water partition coefficient (Wildman–Crippen LogP) is 3.79. The maximum absolute atomic E-state index is 11.9. The highest BCUT2D eigenvalue weighted by atomic mass is 32.2. The molecule has 0 aliphatic heterocycles. The summed E-state index contributed by atoms with van der Waals surface area (Å²) in [6, 6.07) is 4.78. The first-order valence-electron chi connectivity index (χ1n) is 8.53. The van der Waals surface area contributed by atoms with Gasteiger partial charge in [-0.3, -0.25) is 4.55 Å². The molecule has 0 unspecified atom stereocenters. The molecule has 0 aromatic heterocycles. The fourth-order valence-electron chi connectivity index (χ4n) is 3.24. The second-order valence-corrected chi connectivity index (χ2v) is 9.11. The van der Waals surface area contributed by atoms with Gasteiger partial charge in [0.15, 0.2) is 0 Å². The van der Waals surface area contributed by atoms with Gasteiger partial charge in [-0.15, -0.1) is 0 Å². The molecule has 1 aliphatic rings.